The molecule has 1 rings (SSSR count). The molecule has 0 aliphatic heterocycles. The van der Waals surface area contributed by atoms with Crippen molar-refractivity contribution < 1.29 is 38.9 Å². The second kappa shape index (κ2) is 12.5. The number of carboxylic acid groups (broad SMARTS) is 2. The van der Waals surface area contributed by atoms with Crippen molar-refractivity contribution in [2.24, 2.45) is 0 Å². The molecule has 10 heteroatoms. The number of aliphatic carboxylic acids is 2. The molecule has 0 aliphatic rings. The van der Waals surface area contributed by atoms with Gasteiger partial charge in [-0.1, -0.05) is 31.9 Å². The smallest absolute Gasteiger partial charge is 0.408 e. The van der Waals surface area contributed by atoms with Crippen molar-refractivity contribution in [1.82, 2.24) is 10.6 Å². The third kappa shape index (κ3) is 10.1. The number of ether oxygens (including phenoxy) is 2. The summed E-state index contributed by atoms with van der Waals surface area (Å²) in [6.07, 6.45) is 0.184. The zero-order chi connectivity index (χ0) is 24.3. The van der Waals surface area contributed by atoms with Gasteiger partial charge in [0.05, 0.1) is 0 Å². The van der Waals surface area contributed by atoms with E-state index >= 15 is 0 Å². The Morgan fingerprint density at radius 3 is 2.09 bits per heavy atom. The fourth-order valence-corrected chi connectivity index (χ4v) is 2.65. The van der Waals surface area contributed by atoms with Crippen LogP contribution in [-0.4, -0.2) is 58.4 Å². The van der Waals surface area contributed by atoms with E-state index in [-0.39, 0.29) is 18.1 Å². The van der Waals surface area contributed by atoms with Crippen LogP contribution in [0, 0.1) is 0 Å². The van der Waals surface area contributed by atoms with Gasteiger partial charge in [0.1, 0.15) is 17.4 Å². The fraction of sp³-hybridized carbons (Fsp3) is 0.545. The van der Waals surface area contributed by atoms with Crippen molar-refractivity contribution in [2.75, 3.05) is 6.54 Å². The minimum Gasteiger partial charge on any atom is -0.478 e. The molecule has 0 saturated heterocycles. The highest BCUT2D eigenvalue weighted by molar-refractivity contribution is 5.96. The number of nitrogens with one attached hydrogen (secondary N) is 2. The molecule has 1 aromatic carbocycles. The Bertz CT molecular complexity index is 772. The molecule has 1 atom stereocenters. The Hall–Kier alpha value is -3.30. The molecule has 0 saturated carbocycles. The van der Waals surface area contributed by atoms with E-state index in [1.807, 2.05) is 0 Å². The van der Waals surface area contributed by atoms with E-state index in [1.54, 1.807) is 32.9 Å². The molecule has 178 valence electrons. The summed E-state index contributed by atoms with van der Waals surface area (Å²) in [6, 6.07) is 5.02. The fourth-order valence-electron chi connectivity index (χ4n) is 2.65. The lowest BCUT2D eigenvalue weighted by Crippen LogP contribution is -2.49. The van der Waals surface area contributed by atoms with Crippen molar-refractivity contribution in [3.63, 3.8) is 0 Å². The first-order valence-electron chi connectivity index (χ1n) is 10.4. The van der Waals surface area contributed by atoms with Crippen LogP contribution in [0.1, 0.15) is 52.5 Å². The highest BCUT2D eigenvalue weighted by atomic mass is 16.6. The SMILES string of the molecule is CCCCCNC(=O)[C@H](Cc1ccc(OC(C(=O)O)C(=O)O)cc1)NC(=O)OC(C)(C)C. The molecule has 0 bridgehead atoms. The third-order valence-corrected chi connectivity index (χ3v) is 4.15. The van der Waals surface area contributed by atoms with E-state index in [9.17, 15) is 19.2 Å². The number of alkyl carbamates (subject to hydrolysis) is 1. The largest absolute Gasteiger partial charge is 0.478 e. The summed E-state index contributed by atoms with van der Waals surface area (Å²) in [5.74, 6) is -3.56. The molecule has 32 heavy (non-hydrogen) atoms. The van der Waals surface area contributed by atoms with E-state index < -0.39 is 35.8 Å². The molecular weight excluding hydrogens is 420 g/mol. The van der Waals surface area contributed by atoms with Crippen molar-refractivity contribution >= 4 is 23.9 Å². The molecular formula is C22H32N2O8. The normalized spacial score (nSPS) is 12.0. The third-order valence-electron chi connectivity index (χ3n) is 4.15. The standard InChI is InChI=1S/C22H32N2O8/c1-5-6-7-12-23-18(25)16(24-21(30)32-22(2,3)4)13-14-8-10-15(11-9-14)31-17(19(26)27)20(28)29/h8-11,16-17H,5-7,12-13H2,1-4H3,(H,23,25)(H,24,30)(H,26,27)(H,28,29)/t16-/m0/s1. The summed E-state index contributed by atoms with van der Waals surface area (Å²) in [4.78, 5) is 46.8. The monoisotopic (exact) mass is 452 g/mol. The van der Waals surface area contributed by atoms with Gasteiger partial charge in [-0.05, 0) is 44.9 Å². The van der Waals surface area contributed by atoms with E-state index in [4.69, 9.17) is 19.7 Å². The van der Waals surface area contributed by atoms with Crippen molar-refractivity contribution in [3.05, 3.63) is 29.8 Å². The van der Waals surface area contributed by atoms with Gasteiger partial charge < -0.3 is 30.3 Å². The van der Waals surface area contributed by atoms with Gasteiger partial charge in [-0.2, -0.15) is 0 Å². The van der Waals surface area contributed by atoms with Gasteiger partial charge in [0.15, 0.2) is 0 Å². The van der Waals surface area contributed by atoms with E-state index in [1.165, 1.54) is 12.1 Å². The molecule has 4 N–H and O–H groups in total. The number of hydrogen-bond donors (Lipinski definition) is 4. The number of hydrogen-bond acceptors (Lipinski definition) is 6. The van der Waals surface area contributed by atoms with Crippen molar-refractivity contribution in [2.45, 2.75) is 71.1 Å². The topological polar surface area (TPSA) is 151 Å². The minimum absolute atomic E-state index is 0.0456. The number of benzene rings is 1. The second-order valence-electron chi connectivity index (χ2n) is 8.22. The Morgan fingerprint density at radius 2 is 1.59 bits per heavy atom. The molecule has 0 unspecified atom stereocenters. The van der Waals surface area contributed by atoms with Crippen LogP contribution in [0.25, 0.3) is 0 Å². The van der Waals surface area contributed by atoms with Gasteiger partial charge in [-0.3, -0.25) is 4.79 Å². The average Bonchev–Trinajstić information content (AvgIpc) is 2.68. The molecule has 1 aromatic rings. The average molecular weight is 453 g/mol. The molecule has 0 aromatic heterocycles. The number of carboxylic acids is 2. The molecule has 10 nitrogen and oxygen atoms in total. The summed E-state index contributed by atoms with van der Waals surface area (Å²) < 4.78 is 10.2. The Kier molecular flexibility index (Phi) is 10.5. The number of carbonyl (C=O) groups is 4. The Balaban J connectivity index is 2.88. The predicted molar refractivity (Wildman–Crippen MR) is 116 cm³/mol. The lowest BCUT2D eigenvalue weighted by molar-refractivity contribution is -0.159. The highest BCUT2D eigenvalue weighted by Crippen LogP contribution is 2.16. The first kappa shape index (κ1) is 26.7. The van der Waals surface area contributed by atoms with Gasteiger partial charge in [0, 0.05) is 13.0 Å². The van der Waals surface area contributed by atoms with Gasteiger partial charge in [-0.25, -0.2) is 14.4 Å². The quantitative estimate of drug-likeness (QED) is 0.279. The lowest BCUT2D eigenvalue weighted by Gasteiger charge is -2.23. The first-order valence-corrected chi connectivity index (χ1v) is 10.4. The van der Waals surface area contributed by atoms with Crippen LogP contribution in [0.5, 0.6) is 5.75 Å². The predicted octanol–water partition coefficient (Wildman–Crippen LogP) is 2.35. The van der Waals surface area contributed by atoms with Gasteiger partial charge in [-0.15, -0.1) is 0 Å². The first-order chi connectivity index (χ1) is 14.9. The van der Waals surface area contributed by atoms with E-state index in [0.717, 1.165) is 19.3 Å². The molecule has 0 spiro atoms. The summed E-state index contributed by atoms with van der Waals surface area (Å²) in [6.45, 7) is 7.68. The Labute approximate surface area is 187 Å². The van der Waals surface area contributed by atoms with Crippen molar-refractivity contribution in [3.8, 4) is 5.75 Å². The number of unbranched alkanes of at least 4 members (excludes halogenated alkanes) is 2. The highest BCUT2D eigenvalue weighted by Gasteiger charge is 2.28. The van der Waals surface area contributed by atoms with Crippen LogP contribution in [0.2, 0.25) is 0 Å². The molecule has 0 fully saturated rings. The minimum atomic E-state index is -2.03. The van der Waals surface area contributed by atoms with E-state index in [0.29, 0.717) is 12.1 Å². The van der Waals surface area contributed by atoms with Crippen LogP contribution in [0.4, 0.5) is 4.79 Å². The maximum atomic E-state index is 12.6. The van der Waals surface area contributed by atoms with Crippen LogP contribution >= 0.6 is 0 Å². The van der Waals surface area contributed by atoms with Gasteiger partial charge >= 0.3 is 18.0 Å². The molecule has 0 aliphatic carbocycles. The summed E-state index contributed by atoms with van der Waals surface area (Å²) in [7, 11) is 0. The van der Waals surface area contributed by atoms with E-state index in [2.05, 4.69) is 17.6 Å². The zero-order valence-electron chi connectivity index (χ0n) is 18.8. The summed E-state index contributed by atoms with van der Waals surface area (Å²) >= 11 is 0. The lowest BCUT2D eigenvalue weighted by atomic mass is 10.0. The van der Waals surface area contributed by atoms with Crippen LogP contribution in [0.15, 0.2) is 24.3 Å². The van der Waals surface area contributed by atoms with Gasteiger partial charge in [0.2, 0.25) is 5.91 Å². The van der Waals surface area contributed by atoms with Gasteiger partial charge in [0.25, 0.3) is 6.10 Å². The Morgan fingerprint density at radius 1 is 1.00 bits per heavy atom. The van der Waals surface area contributed by atoms with Crippen LogP contribution < -0.4 is 15.4 Å². The molecule has 2 amide bonds. The van der Waals surface area contributed by atoms with Crippen LogP contribution in [0.3, 0.4) is 0 Å². The molecule has 0 radical (unpaired) electrons. The maximum absolute atomic E-state index is 12.6. The molecule has 0 heterocycles. The van der Waals surface area contributed by atoms with Crippen molar-refractivity contribution in [1.29, 1.82) is 0 Å². The van der Waals surface area contributed by atoms with Crippen LogP contribution in [-0.2, 0) is 25.5 Å². The number of rotatable bonds is 12. The number of amides is 2. The second-order valence-corrected chi connectivity index (χ2v) is 8.22. The zero-order valence-corrected chi connectivity index (χ0v) is 18.8. The maximum Gasteiger partial charge on any atom is 0.408 e. The number of carbonyl (C=O) groups excluding carboxylic acids is 2. The summed E-state index contributed by atoms with van der Waals surface area (Å²) in [5.41, 5.74) is -0.0833. The summed E-state index contributed by atoms with van der Waals surface area (Å²) in [5, 5.41) is 23.2.